The zero-order valence-corrected chi connectivity index (χ0v) is 14.5. The molecular weight excluding hydrogens is 399 g/mol. The molecule has 0 saturated carbocycles. The van der Waals surface area contributed by atoms with Crippen LogP contribution in [0.25, 0.3) is 0 Å². The first-order valence-electron chi connectivity index (χ1n) is 7.78. The van der Waals surface area contributed by atoms with Crippen LogP contribution in [0.3, 0.4) is 0 Å². The lowest BCUT2D eigenvalue weighted by molar-refractivity contribution is -0.362. The molecule has 14 nitrogen and oxygen atoms in total. The molecule has 0 bridgehead atoms. The molecule has 2 rings (SSSR count). The van der Waals surface area contributed by atoms with Crippen LogP contribution in [-0.2, 0) is 23.3 Å². The van der Waals surface area contributed by atoms with Crippen LogP contribution in [0, 0.1) is 0 Å². The molecule has 2 saturated heterocycles. The maximum atomic E-state index is 10.6. The Morgan fingerprint density at radius 3 is 2.04 bits per heavy atom. The lowest BCUT2D eigenvalue weighted by atomic mass is 9.97. The summed E-state index contributed by atoms with van der Waals surface area (Å²) in [7, 11) is -5.42. The maximum absolute atomic E-state index is 10.6. The van der Waals surface area contributed by atoms with Crippen LogP contribution in [0.5, 0.6) is 0 Å². The fourth-order valence-corrected chi connectivity index (χ4v) is 3.05. The van der Waals surface area contributed by atoms with E-state index in [0.29, 0.717) is 0 Å². The molecule has 27 heavy (non-hydrogen) atoms. The first-order valence-corrected chi connectivity index (χ1v) is 9.24. The van der Waals surface area contributed by atoms with E-state index >= 15 is 0 Å². The van der Waals surface area contributed by atoms with Crippen LogP contribution >= 0.6 is 7.82 Å². The SMILES string of the molecule is O=P([O-])([O-])OC[C@H]1O[C@@H](O[C@H]2[C@H](O)[C@@H](O)C(O)O[C@@H]2CO)[C@H](O)[C@@H](O)[C@H]1O. The predicted molar refractivity (Wildman–Crippen MR) is 75.1 cm³/mol. The van der Waals surface area contributed by atoms with Crippen molar-refractivity contribution in [1.29, 1.82) is 0 Å². The Balaban J connectivity index is 2.11. The summed E-state index contributed by atoms with van der Waals surface area (Å²) in [6.45, 7) is -1.77. The van der Waals surface area contributed by atoms with Gasteiger partial charge in [0.1, 0.15) is 48.8 Å². The molecule has 7 N–H and O–H groups in total. The molecule has 1 unspecified atom stereocenters. The standard InChI is InChI=1S/C12H23O14P/c13-1-3-10(7(16)8(17)11(19)24-3)26-12-9(18)6(15)5(14)4(25-12)2-23-27(20,21)22/h3-19H,1-2H2,(H2,20,21,22)/p-2/t3-,4-,5+,6+,7-,8-,9-,10-,11?,12+/m1/s1. The van der Waals surface area contributed by atoms with Gasteiger partial charge in [-0.3, -0.25) is 0 Å². The second kappa shape index (κ2) is 9.02. The summed E-state index contributed by atoms with van der Waals surface area (Å²) < 4.78 is 29.7. The summed E-state index contributed by atoms with van der Waals surface area (Å²) in [5.41, 5.74) is 0. The number of aliphatic hydroxyl groups excluding tert-OH is 7. The Morgan fingerprint density at radius 2 is 1.48 bits per heavy atom. The molecule has 160 valence electrons. The lowest BCUT2D eigenvalue weighted by Crippen LogP contribution is -2.64. The molecule has 2 heterocycles. The second-order valence-corrected chi connectivity index (χ2v) is 7.24. The average Bonchev–Trinajstić information content (AvgIpc) is 2.60. The molecule has 0 aromatic heterocycles. The van der Waals surface area contributed by atoms with Crippen LogP contribution in [0.2, 0.25) is 0 Å². The van der Waals surface area contributed by atoms with Crippen molar-refractivity contribution in [2.24, 2.45) is 0 Å². The fraction of sp³-hybridized carbons (Fsp3) is 1.00. The summed E-state index contributed by atoms with van der Waals surface area (Å²) >= 11 is 0. The van der Waals surface area contributed by atoms with Crippen LogP contribution in [0.1, 0.15) is 0 Å². The van der Waals surface area contributed by atoms with E-state index in [-0.39, 0.29) is 0 Å². The van der Waals surface area contributed by atoms with Crippen LogP contribution in [0.4, 0.5) is 0 Å². The van der Waals surface area contributed by atoms with E-state index in [1.54, 1.807) is 0 Å². The normalized spacial score (nSPS) is 46.4. The Morgan fingerprint density at radius 1 is 0.852 bits per heavy atom. The summed E-state index contributed by atoms with van der Waals surface area (Å²) in [6.07, 6.45) is -17.5. The zero-order chi connectivity index (χ0) is 20.5. The third-order valence-corrected chi connectivity index (χ3v) is 4.66. The van der Waals surface area contributed by atoms with Gasteiger partial charge in [-0.1, -0.05) is 0 Å². The van der Waals surface area contributed by atoms with Crippen molar-refractivity contribution in [1.82, 2.24) is 0 Å². The first-order chi connectivity index (χ1) is 12.5. The molecule has 0 aromatic carbocycles. The van der Waals surface area contributed by atoms with Gasteiger partial charge in [0, 0.05) is 0 Å². The Labute approximate surface area is 152 Å². The average molecular weight is 420 g/mol. The number of phosphoric ester groups is 1. The molecule has 15 heteroatoms. The van der Waals surface area contributed by atoms with E-state index in [4.69, 9.17) is 14.2 Å². The van der Waals surface area contributed by atoms with E-state index in [9.17, 15) is 50.1 Å². The fourth-order valence-electron chi connectivity index (χ4n) is 2.72. The predicted octanol–water partition coefficient (Wildman–Crippen LogP) is -6.54. The molecule has 2 aliphatic heterocycles. The largest absolute Gasteiger partial charge is 0.790 e. The minimum absolute atomic E-state index is 0.776. The van der Waals surface area contributed by atoms with Crippen LogP contribution < -0.4 is 9.79 Å². The highest BCUT2D eigenvalue weighted by molar-refractivity contribution is 7.43. The van der Waals surface area contributed by atoms with Crippen molar-refractivity contribution in [3.05, 3.63) is 0 Å². The smallest absolute Gasteiger partial charge is 0.187 e. The van der Waals surface area contributed by atoms with Gasteiger partial charge in [-0.15, -0.1) is 0 Å². The van der Waals surface area contributed by atoms with E-state index in [2.05, 4.69) is 4.52 Å². The molecule has 10 atom stereocenters. The van der Waals surface area contributed by atoms with E-state index in [1.165, 1.54) is 0 Å². The van der Waals surface area contributed by atoms with Crippen molar-refractivity contribution >= 4 is 7.82 Å². The number of hydrogen-bond acceptors (Lipinski definition) is 14. The van der Waals surface area contributed by atoms with Gasteiger partial charge in [-0.05, 0) is 0 Å². The number of ether oxygens (including phenoxy) is 3. The molecule has 0 aliphatic carbocycles. The minimum atomic E-state index is -5.42. The summed E-state index contributed by atoms with van der Waals surface area (Å²) in [6, 6.07) is 0. The Bertz CT molecular complexity index is 526. The van der Waals surface area contributed by atoms with Gasteiger partial charge in [0.25, 0.3) is 0 Å². The van der Waals surface area contributed by atoms with Crippen molar-refractivity contribution in [3.63, 3.8) is 0 Å². The molecule has 2 aliphatic rings. The van der Waals surface area contributed by atoms with Gasteiger partial charge in [-0.25, -0.2) is 0 Å². The van der Waals surface area contributed by atoms with Gasteiger partial charge >= 0.3 is 0 Å². The van der Waals surface area contributed by atoms with Gasteiger partial charge < -0.3 is 68.8 Å². The summed E-state index contributed by atoms with van der Waals surface area (Å²) in [4.78, 5) is 21.1. The highest BCUT2D eigenvalue weighted by Gasteiger charge is 2.50. The third-order valence-electron chi connectivity index (χ3n) is 4.20. The number of phosphoric acid groups is 1. The van der Waals surface area contributed by atoms with Crippen LogP contribution in [0.15, 0.2) is 0 Å². The van der Waals surface area contributed by atoms with Gasteiger partial charge in [0.2, 0.25) is 0 Å². The van der Waals surface area contributed by atoms with E-state index in [0.717, 1.165) is 0 Å². The highest BCUT2D eigenvalue weighted by Crippen LogP contribution is 2.31. The van der Waals surface area contributed by atoms with Crippen molar-refractivity contribution < 1.29 is 68.8 Å². The topological polar surface area (TPSA) is 242 Å². The third kappa shape index (κ3) is 5.41. The van der Waals surface area contributed by atoms with Gasteiger partial charge in [0.15, 0.2) is 12.6 Å². The molecular formula is C12H21O14P-2. The molecule has 0 spiro atoms. The molecule has 0 amide bonds. The van der Waals surface area contributed by atoms with Crippen molar-refractivity contribution in [2.75, 3.05) is 13.2 Å². The minimum Gasteiger partial charge on any atom is -0.790 e. The molecule has 0 aromatic rings. The summed E-state index contributed by atoms with van der Waals surface area (Å²) in [5, 5.41) is 68.0. The van der Waals surface area contributed by atoms with Crippen LogP contribution in [-0.4, -0.2) is 110 Å². The summed E-state index contributed by atoms with van der Waals surface area (Å²) in [5.74, 6) is 0. The number of aliphatic hydroxyl groups is 7. The van der Waals surface area contributed by atoms with Crippen molar-refractivity contribution in [3.8, 4) is 0 Å². The first kappa shape index (κ1) is 23.0. The quantitative estimate of drug-likeness (QED) is 0.198. The zero-order valence-electron chi connectivity index (χ0n) is 13.6. The van der Waals surface area contributed by atoms with Gasteiger partial charge in [0.05, 0.1) is 21.0 Å². The second-order valence-electron chi connectivity index (χ2n) is 6.09. The van der Waals surface area contributed by atoms with E-state index in [1.807, 2.05) is 0 Å². The lowest BCUT2D eigenvalue weighted by Gasteiger charge is -2.45. The van der Waals surface area contributed by atoms with E-state index < -0.39 is 82.4 Å². The monoisotopic (exact) mass is 420 g/mol. The molecule has 0 radical (unpaired) electrons. The Kier molecular flexibility index (Phi) is 7.68. The molecule has 2 fully saturated rings. The highest BCUT2D eigenvalue weighted by atomic mass is 31.2. The Hall–Kier alpha value is -0.290. The van der Waals surface area contributed by atoms with Gasteiger partial charge in [-0.2, -0.15) is 0 Å². The number of hydrogen-bond donors (Lipinski definition) is 7. The number of rotatable bonds is 6. The maximum Gasteiger partial charge on any atom is 0.187 e. The van der Waals surface area contributed by atoms with Crippen molar-refractivity contribution in [2.45, 2.75) is 61.4 Å².